The molecule has 1 fully saturated rings. The van der Waals surface area contributed by atoms with E-state index >= 15 is 0 Å². The summed E-state index contributed by atoms with van der Waals surface area (Å²) in [6.45, 7) is 4.16. The van der Waals surface area contributed by atoms with Gasteiger partial charge in [0.1, 0.15) is 12.4 Å². The monoisotopic (exact) mass is 279 g/mol. The SMILES string of the molecule is CC1CC(NCCOc2cccc(C(=O)O)c2)CCO1. The third-order valence-corrected chi connectivity index (χ3v) is 3.37. The Bertz CT molecular complexity index is 449. The third-order valence-electron chi connectivity index (χ3n) is 3.37. The molecular formula is C15H21NO4. The molecule has 20 heavy (non-hydrogen) atoms. The van der Waals surface area contributed by atoms with Crippen LogP contribution in [0.1, 0.15) is 30.1 Å². The summed E-state index contributed by atoms with van der Waals surface area (Å²) in [4.78, 5) is 10.8. The molecular weight excluding hydrogens is 258 g/mol. The Labute approximate surface area is 118 Å². The first-order chi connectivity index (χ1) is 9.65. The number of benzene rings is 1. The van der Waals surface area contributed by atoms with Crippen molar-refractivity contribution in [2.75, 3.05) is 19.8 Å². The van der Waals surface area contributed by atoms with Crippen LogP contribution < -0.4 is 10.1 Å². The van der Waals surface area contributed by atoms with Crippen LogP contribution in [0.4, 0.5) is 0 Å². The maximum Gasteiger partial charge on any atom is 0.335 e. The average Bonchev–Trinajstić information content (AvgIpc) is 2.44. The van der Waals surface area contributed by atoms with Crippen molar-refractivity contribution in [3.8, 4) is 5.75 Å². The fourth-order valence-corrected chi connectivity index (χ4v) is 2.33. The molecule has 1 heterocycles. The number of hydrogen-bond donors (Lipinski definition) is 2. The highest BCUT2D eigenvalue weighted by molar-refractivity contribution is 5.87. The summed E-state index contributed by atoms with van der Waals surface area (Å²) in [6.07, 6.45) is 2.36. The Morgan fingerprint density at radius 2 is 2.40 bits per heavy atom. The number of rotatable bonds is 6. The van der Waals surface area contributed by atoms with E-state index < -0.39 is 5.97 Å². The smallest absolute Gasteiger partial charge is 0.335 e. The first kappa shape index (κ1) is 14.8. The van der Waals surface area contributed by atoms with Gasteiger partial charge in [0.15, 0.2) is 0 Å². The predicted octanol–water partition coefficient (Wildman–Crippen LogP) is 1.92. The molecule has 0 saturated carbocycles. The number of aromatic carboxylic acids is 1. The number of carboxylic acid groups (broad SMARTS) is 1. The zero-order chi connectivity index (χ0) is 14.4. The third kappa shape index (κ3) is 4.51. The van der Waals surface area contributed by atoms with Gasteiger partial charge in [-0.15, -0.1) is 0 Å². The van der Waals surface area contributed by atoms with Crippen molar-refractivity contribution in [2.45, 2.75) is 31.9 Å². The largest absolute Gasteiger partial charge is 0.492 e. The summed E-state index contributed by atoms with van der Waals surface area (Å²) < 4.78 is 11.1. The maximum atomic E-state index is 10.8. The highest BCUT2D eigenvalue weighted by atomic mass is 16.5. The second kappa shape index (κ2) is 7.26. The molecule has 1 aromatic rings. The van der Waals surface area contributed by atoms with E-state index in [4.69, 9.17) is 14.6 Å². The van der Waals surface area contributed by atoms with Crippen LogP contribution in [0.15, 0.2) is 24.3 Å². The maximum absolute atomic E-state index is 10.8. The number of nitrogens with one attached hydrogen (secondary N) is 1. The molecule has 0 spiro atoms. The van der Waals surface area contributed by atoms with Crippen molar-refractivity contribution in [1.82, 2.24) is 5.32 Å². The molecule has 1 aromatic carbocycles. The lowest BCUT2D eigenvalue weighted by Gasteiger charge is -2.28. The van der Waals surface area contributed by atoms with Crippen LogP contribution in [0.3, 0.4) is 0 Å². The van der Waals surface area contributed by atoms with Crippen LogP contribution >= 0.6 is 0 Å². The Morgan fingerprint density at radius 3 is 3.15 bits per heavy atom. The lowest BCUT2D eigenvalue weighted by Crippen LogP contribution is -2.39. The Kier molecular flexibility index (Phi) is 5.38. The van der Waals surface area contributed by atoms with Crippen LogP contribution in [0.25, 0.3) is 0 Å². The molecule has 0 aromatic heterocycles. The fourth-order valence-electron chi connectivity index (χ4n) is 2.33. The highest BCUT2D eigenvalue weighted by Crippen LogP contribution is 2.14. The second-order valence-electron chi connectivity index (χ2n) is 5.04. The molecule has 5 nitrogen and oxygen atoms in total. The van der Waals surface area contributed by atoms with Gasteiger partial charge in [-0.1, -0.05) is 6.07 Å². The summed E-state index contributed by atoms with van der Waals surface area (Å²) >= 11 is 0. The molecule has 2 unspecified atom stereocenters. The van der Waals surface area contributed by atoms with E-state index in [-0.39, 0.29) is 5.56 Å². The minimum atomic E-state index is -0.940. The second-order valence-corrected chi connectivity index (χ2v) is 5.04. The van der Waals surface area contributed by atoms with Gasteiger partial charge >= 0.3 is 5.97 Å². The summed E-state index contributed by atoms with van der Waals surface area (Å²) in [5, 5.41) is 12.3. The molecule has 110 valence electrons. The number of ether oxygens (including phenoxy) is 2. The molecule has 0 amide bonds. The van der Waals surface area contributed by atoms with E-state index in [0.29, 0.717) is 24.5 Å². The molecule has 2 rings (SSSR count). The molecule has 2 N–H and O–H groups in total. The van der Waals surface area contributed by atoms with Crippen LogP contribution in [-0.2, 0) is 4.74 Å². The van der Waals surface area contributed by atoms with Gasteiger partial charge in [-0.25, -0.2) is 4.79 Å². The first-order valence-corrected chi connectivity index (χ1v) is 6.96. The molecule has 2 atom stereocenters. The lowest BCUT2D eigenvalue weighted by atomic mass is 10.0. The number of carbonyl (C=O) groups is 1. The molecule has 0 aliphatic carbocycles. The van der Waals surface area contributed by atoms with Gasteiger partial charge in [-0.3, -0.25) is 0 Å². The number of hydrogen-bond acceptors (Lipinski definition) is 4. The van der Waals surface area contributed by atoms with E-state index in [1.165, 1.54) is 0 Å². The van der Waals surface area contributed by atoms with Crippen molar-refractivity contribution < 1.29 is 19.4 Å². The van der Waals surface area contributed by atoms with E-state index in [2.05, 4.69) is 12.2 Å². The minimum Gasteiger partial charge on any atom is -0.492 e. The Morgan fingerprint density at radius 1 is 1.55 bits per heavy atom. The topological polar surface area (TPSA) is 67.8 Å². The van der Waals surface area contributed by atoms with Crippen LogP contribution in [0, 0.1) is 0 Å². The minimum absolute atomic E-state index is 0.244. The number of carboxylic acids is 1. The van der Waals surface area contributed by atoms with Gasteiger partial charge in [0.2, 0.25) is 0 Å². The van der Waals surface area contributed by atoms with E-state index in [1.807, 2.05) is 0 Å². The summed E-state index contributed by atoms with van der Waals surface area (Å²) in [5.41, 5.74) is 0.244. The predicted molar refractivity (Wildman–Crippen MR) is 75.3 cm³/mol. The standard InChI is InChI=1S/C15H21NO4/c1-11-9-13(5-7-19-11)16-6-8-20-14-4-2-3-12(10-14)15(17)18/h2-4,10-11,13,16H,5-9H2,1H3,(H,17,18). The first-order valence-electron chi connectivity index (χ1n) is 6.96. The molecule has 1 saturated heterocycles. The van der Waals surface area contributed by atoms with Crippen LogP contribution in [0.2, 0.25) is 0 Å². The van der Waals surface area contributed by atoms with Crippen molar-refractivity contribution in [3.05, 3.63) is 29.8 Å². The fraction of sp³-hybridized carbons (Fsp3) is 0.533. The summed E-state index contributed by atoms with van der Waals surface area (Å²) in [6, 6.07) is 7.03. The average molecular weight is 279 g/mol. The Hall–Kier alpha value is -1.59. The normalized spacial score (nSPS) is 22.4. The molecule has 0 bridgehead atoms. The highest BCUT2D eigenvalue weighted by Gasteiger charge is 2.18. The van der Waals surface area contributed by atoms with Gasteiger partial charge in [0.25, 0.3) is 0 Å². The zero-order valence-electron chi connectivity index (χ0n) is 11.7. The van der Waals surface area contributed by atoms with Gasteiger partial charge in [-0.2, -0.15) is 0 Å². The van der Waals surface area contributed by atoms with Crippen molar-refractivity contribution in [1.29, 1.82) is 0 Å². The Balaban J connectivity index is 1.70. The van der Waals surface area contributed by atoms with Crippen molar-refractivity contribution in [3.63, 3.8) is 0 Å². The van der Waals surface area contributed by atoms with Gasteiger partial charge in [0.05, 0.1) is 11.7 Å². The van der Waals surface area contributed by atoms with Crippen LogP contribution in [0.5, 0.6) is 5.75 Å². The zero-order valence-corrected chi connectivity index (χ0v) is 11.7. The molecule has 5 heteroatoms. The molecule has 1 aliphatic heterocycles. The van der Waals surface area contributed by atoms with E-state index in [0.717, 1.165) is 26.0 Å². The summed E-state index contributed by atoms with van der Waals surface area (Å²) in [7, 11) is 0. The van der Waals surface area contributed by atoms with Crippen LogP contribution in [-0.4, -0.2) is 43.0 Å². The lowest BCUT2D eigenvalue weighted by molar-refractivity contribution is 0.0129. The van der Waals surface area contributed by atoms with Crippen molar-refractivity contribution in [2.24, 2.45) is 0 Å². The quantitative estimate of drug-likeness (QED) is 0.779. The molecule has 1 aliphatic rings. The van der Waals surface area contributed by atoms with Gasteiger partial charge in [-0.05, 0) is 38.0 Å². The van der Waals surface area contributed by atoms with E-state index in [1.54, 1.807) is 24.3 Å². The van der Waals surface area contributed by atoms with Crippen molar-refractivity contribution >= 4 is 5.97 Å². The van der Waals surface area contributed by atoms with E-state index in [9.17, 15) is 4.79 Å². The van der Waals surface area contributed by atoms with Gasteiger partial charge in [0, 0.05) is 19.2 Å². The molecule has 0 radical (unpaired) electrons. The summed E-state index contributed by atoms with van der Waals surface area (Å²) in [5.74, 6) is -0.350. The van der Waals surface area contributed by atoms with Gasteiger partial charge < -0.3 is 19.9 Å².